The number of nitrogens with zero attached hydrogens (tertiary/aromatic N) is 2. The van der Waals surface area contributed by atoms with Gasteiger partial charge in [-0.3, -0.25) is 4.68 Å². The standard InChI is InChI=1S/C14H18N2/c1-11-7-8-14-12(9-11)10-15-16(14)13-5-3-2-4-6-13/h7-10,13H,2-6H2,1H3. The van der Waals surface area contributed by atoms with Gasteiger partial charge in [-0.2, -0.15) is 5.10 Å². The summed E-state index contributed by atoms with van der Waals surface area (Å²) in [4.78, 5) is 0. The summed E-state index contributed by atoms with van der Waals surface area (Å²) in [6.45, 7) is 2.14. The zero-order valence-electron chi connectivity index (χ0n) is 9.82. The molecule has 1 heterocycles. The number of hydrogen-bond acceptors (Lipinski definition) is 1. The Bertz CT molecular complexity index is 492. The van der Waals surface area contributed by atoms with Crippen LogP contribution in [0.25, 0.3) is 10.9 Å². The van der Waals surface area contributed by atoms with E-state index in [9.17, 15) is 0 Å². The molecule has 2 heteroatoms. The fourth-order valence-electron chi connectivity index (χ4n) is 2.79. The molecule has 0 amide bonds. The molecule has 2 nitrogen and oxygen atoms in total. The van der Waals surface area contributed by atoms with E-state index in [2.05, 4.69) is 34.9 Å². The highest BCUT2D eigenvalue weighted by Gasteiger charge is 2.17. The second kappa shape index (κ2) is 3.93. The normalized spacial score (nSPS) is 18.1. The van der Waals surface area contributed by atoms with Crippen LogP contribution in [0, 0.1) is 6.92 Å². The molecular weight excluding hydrogens is 196 g/mol. The van der Waals surface area contributed by atoms with Gasteiger partial charge in [0.15, 0.2) is 0 Å². The van der Waals surface area contributed by atoms with Gasteiger partial charge in [-0.05, 0) is 31.9 Å². The Morgan fingerprint density at radius 2 is 2.00 bits per heavy atom. The lowest BCUT2D eigenvalue weighted by atomic mass is 9.95. The molecule has 0 atom stereocenters. The molecule has 0 saturated heterocycles. The molecule has 0 unspecified atom stereocenters. The van der Waals surface area contributed by atoms with Crippen LogP contribution < -0.4 is 0 Å². The van der Waals surface area contributed by atoms with Gasteiger partial charge in [0.25, 0.3) is 0 Å². The van der Waals surface area contributed by atoms with Gasteiger partial charge >= 0.3 is 0 Å². The van der Waals surface area contributed by atoms with Crippen LogP contribution in [0.2, 0.25) is 0 Å². The lowest BCUT2D eigenvalue weighted by Crippen LogP contribution is -2.13. The van der Waals surface area contributed by atoms with E-state index in [0.717, 1.165) is 0 Å². The van der Waals surface area contributed by atoms with Crippen LogP contribution in [-0.4, -0.2) is 9.78 Å². The topological polar surface area (TPSA) is 17.8 Å². The first-order valence-electron chi connectivity index (χ1n) is 6.28. The third kappa shape index (κ3) is 1.62. The van der Waals surface area contributed by atoms with Gasteiger partial charge in [0, 0.05) is 5.39 Å². The third-order valence-electron chi connectivity index (χ3n) is 3.67. The second-order valence-corrected chi connectivity index (χ2v) is 4.94. The summed E-state index contributed by atoms with van der Waals surface area (Å²) in [5.74, 6) is 0. The predicted molar refractivity (Wildman–Crippen MR) is 66.6 cm³/mol. The lowest BCUT2D eigenvalue weighted by Gasteiger charge is -2.22. The predicted octanol–water partition coefficient (Wildman–Crippen LogP) is 3.85. The van der Waals surface area contributed by atoms with E-state index < -0.39 is 0 Å². The van der Waals surface area contributed by atoms with Crippen LogP contribution in [0.15, 0.2) is 24.4 Å². The van der Waals surface area contributed by atoms with Crippen molar-refractivity contribution in [3.05, 3.63) is 30.0 Å². The maximum atomic E-state index is 4.58. The van der Waals surface area contributed by atoms with Crippen LogP contribution in [0.3, 0.4) is 0 Å². The number of benzene rings is 1. The fourth-order valence-corrected chi connectivity index (χ4v) is 2.79. The van der Waals surface area contributed by atoms with Crippen molar-refractivity contribution in [1.29, 1.82) is 0 Å². The average molecular weight is 214 g/mol. The number of fused-ring (bicyclic) bond motifs is 1. The minimum Gasteiger partial charge on any atom is -0.262 e. The smallest absolute Gasteiger partial charge is 0.0685 e. The molecule has 3 rings (SSSR count). The molecule has 84 valence electrons. The Kier molecular flexibility index (Phi) is 2.43. The van der Waals surface area contributed by atoms with Crippen LogP contribution in [-0.2, 0) is 0 Å². The van der Waals surface area contributed by atoms with Crippen LogP contribution >= 0.6 is 0 Å². The summed E-state index contributed by atoms with van der Waals surface area (Å²) < 4.78 is 2.24. The molecule has 0 radical (unpaired) electrons. The van der Waals surface area contributed by atoms with Crippen molar-refractivity contribution in [2.45, 2.75) is 45.1 Å². The van der Waals surface area contributed by atoms with E-state index in [1.807, 2.05) is 6.20 Å². The Morgan fingerprint density at radius 3 is 2.81 bits per heavy atom. The van der Waals surface area contributed by atoms with Crippen LogP contribution in [0.1, 0.15) is 43.7 Å². The van der Waals surface area contributed by atoms with E-state index in [1.54, 1.807) is 0 Å². The summed E-state index contributed by atoms with van der Waals surface area (Å²) in [6.07, 6.45) is 8.72. The Morgan fingerprint density at radius 1 is 1.19 bits per heavy atom. The molecule has 2 aromatic rings. The van der Waals surface area contributed by atoms with E-state index >= 15 is 0 Å². The maximum Gasteiger partial charge on any atom is 0.0685 e. The second-order valence-electron chi connectivity index (χ2n) is 4.94. The monoisotopic (exact) mass is 214 g/mol. The van der Waals surface area contributed by atoms with Gasteiger partial charge in [-0.15, -0.1) is 0 Å². The lowest BCUT2D eigenvalue weighted by molar-refractivity contribution is 0.337. The highest BCUT2D eigenvalue weighted by atomic mass is 15.3. The van der Waals surface area contributed by atoms with Crippen molar-refractivity contribution in [2.24, 2.45) is 0 Å². The summed E-state index contributed by atoms with van der Waals surface area (Å²) in [6, 6.07) is 7.26. The van der Waals surface area contributed by atoms with Gasteiger partial charge in [-0.25, -0.2) is 0 Å². The zero-order valence-corrected chi connectivity index (χ0v) is 9.82. The van der Waals surface area contributed by atoms with Crippen LogP contribution in [0.4, 0.5) is 0 Å². The quantitative estimate of drug-likeness (QED) is 0.705. The molecule has 0 spiro atoms. The SMILES string of the molecule is Cc1ccc2c(cnn2C2CCCCC2)c1. The molecule has 0 N–H and O–H groups in total. The molecule has 1 aliphatic carbocycles. The summed E-state index contributed by atoms with van der Waals surface area (Å²) in [7, 11) is 0. The van der Waals surface area contributed by atoms with Crippen molar-refractivity contribution in [2.75, 3.05) is 0 Å². The first-order chi connectivity index (χ1) is 7.84. The van der Waals surface area contributed by atoms with Crippen molar-refractivity contribution in [1.82, 2.24) is 9.78 Å². The average Bonchev–Trinajstić information content (AvgIpc) is 2.73. The first-order valence-corrected chi connectivity index (χ1v) is 6.28. The van der Waals surface area contributed by atoms with Gasteiger partial charge in [0.2, 0.25) is 0 Å². The Hall–Kier alpha value is -1.31. The number of aromatic nitrogens is 2. The third-order valence-corrected chi connectivity index (χ3v) is 3.67. The molecule has 16 heavy (non-hydrogen) atoms. The molecule has 1 aromatic heterocycles. The van der Waals surface area contributed by atoms with E-state index in [1.165, 1.54) is 48.6 Å². The first kappa shape index (κ1) is 9.88. The van der Waals surface area contributed by atoms with Crippen molar-refractivity contribution >= 4 is 10.9 Å². The van der Waals surface area contributed by atoms with Gasteiger partial charge in [-0.1, -0.05) is 30.9 Å². The fraction of sp³-hybridized carbons (Fsp3) is 0.500. The molecule has 1 aromatic carbocycles. The van der Waals surface area contributed by atoms with E-state index in [0.29, 0.717) is 6.04 Å². The number of rotatable bonds is 1. The van der Waals surface area contributed by atoms with Crippen molar-refractivity contribution in [3.8, 4) is 0 Å². The highest BCUT2D eigenvalue weighted by molar-refractivity contribution is 5.79. The Balaban J connectivity index is 2.03. The molecule has 1 aliphatic rings. The minimum absolute atomic E-state index is 0.633. The molecule has 1 saturated carbocycles. The van der Waals surface area contributed by atoms with Gasteiger partial charge < -0.3 is 0 Å². The molecule has 1 fully saturated rings. The molecular formula is C14H18N2. The summed E-state index contributed by atoms with van der Waals surface area (Å²) in [5, 5.41) is 5.86. The zero-order chi connectivity index (χ0) is 11.0. The minimum atomic E-state index is 0.633. The van der Waals surface area contributed by atoms with Gasteiger partial charge in [0.1, 0.15) is 0 Å². The Labute approximate surface area is 96.3 Å². The molecule has 0 aliphatic heterocycles. The number of aryl methyl sites for hydroxylation is 1. The highest BCUT2D eigenvalue weighted by Crippen LogP contribution is 2.30. The largest absolute Gasteiger partial charge is 0.262 e. The van der Waals surface area contributed by atoms with E-state index in [-0.39, 0.29) is 0 Å². The van der Waals surface area contributed by atoms with Crippen LogP contribution in [0.5, 0.6) is 0 Å². The van der Waals surface area contributed by atoms with E-state index in [4.69, 9.17) is 0 Å². The summed E-state index contributed by atoms with van der Waals surface area (Å²) in [5.41, 5.74) is 2.62. The van der Waals surface area contributed by atoms with Crippen molar-refractivity contribution < 1.29 is 0 Å². The summed E-state index contributed by atoms with van der Waals surface area (Å²) >= 11 is 0. The van der Waals surface area contributed by atoms with Crippen molar-refractivity contribution in [3.63, 3.8) is 0 Å². The maximum absolute atomic E-state index is 4.58. The number of hydrogen-bond donors (Lipinski definition) is 0. The van der Waals surface area contributed by atoms with Gasteiger partial charge in [0.05, 0.1) is 17.8 Å². The molecule has 0 bridgehead atoms.